The second kappa shape index (κ2) is 8.27. The van der Waals surface area contributed by atoms with Crippen LogP contribution in [0.5, 0.6) is 0 Å². The lowest BCUT2D eigenvalue weighted by Gasteiger charge is -2.15. The van der Waals surface area contributed by atoms with Crippen molar-refractivity contribution in [3.05, 3.63) is 58.3 Å². The van der Waals surface area contributed by atoms with E-state index in [0.29, 0.717) is 18.6 Å². The van der Waals surface area contributed by atoms with Crippen LogP contribution in [0, 0.1) is 12.7 Å². The summed E-state index contributed by atoms with van der Waals surface area (Å²) in [5, 5.41) is 2.50. The molecule has 2 aromatic carbocycles. The highest BCUT2D eigenvalue weighted by molar-refractivity contribution is 7.89. The predicted octanol–water partition coefficient (Wildman–Crippen LogP) is 2.86. The highest BCUT2D eigenvalue weighted by Gasteiger charge is 2.28. The first-order valence-corrected chi connectivity index (χ1v) is 11.4. The molecule has 0 bridgehead atoms. The van der Waals surface area contributed by atoms with Crippen molar-refractivity contribution in [3.63, 3.8) is 0 Å². The van der Waals surface area contributed by atoms with E-state index in [2.05, 4.69) is 5.32 Å². The highest BCUT2D eigenvalue weighted by atomic mass is 32.2. The number of nitrogens with zero attached hydrogens (tertiary/aromatic N) is 2. The third-order valence-electron chi connectivity index (χ3n) is 5.30. The number of oxazole rings is 1. The Hall–Kier alpha value is -2.98. The molecule has 10 heteroatoms. The Kier molecular flexibility index (Phi) is 5.67. The number of fused-ring (bicyclic) bond motifs is 1. The minimum atomic E-state index is -3.64. The molecule has 1 saturated heterocycles. The minimum Gasteiger partial charge on any atom is -0.408 e. The number of anilines is 1. The maximum atomic E-state index is 13.8. The number of carbonyl (C=O) groups excluding carboxylic acids is 1. The van der Waals surface area contributed by atoms with Crippen molar-refractivity contribution in [3.8, 4) is 0 Å². The number of amides is 1. The van der Waals surface area contributed by atoms with Gasteiger partial charge >= 0.3 is 5.76 Å². The molecule has 0 unspecified atom stereocenters. The van der Waals surface area contributed by atoms with Gasteiger partial charge in [-0.1, -0.05) is 6.07 Å². The Balaban J connectivity index is 1.52. The number of benzene rings is 2. The molecule has 3 aromatic rings. The van der Waals surface area contributed by atoms with Gasteiger partial charge in [0.1, 0.15) is 5.82 Å². The fourth-order valence-corrected chi connectivity index (χ4v) is 5.19. The van der Waals surface area contributed by atoms with Gasteiger partial charge in [-0.2, -0.15) is 4.31 Å². The number of carbonyl (C=O) groups is 1. The van der Waals surface area contributed by atoms with Crippen LogP contribution in [0.1, 0.15) is 24.8 Å². The highest BCUT2D eigenvalue weighted by Crippen LogP contribution is 2.24. The number of aryl methyl sites for hydroxylation is 2. The molecule has 1 fully saturated rings. The number of sulfonamides is 1. The number of hydrogen-bond acceptors (Lipinski definition) is 5. The third kappa shape index (κ3) is 4.26. The van der Waals surface area contributed by atoms with E-state index in [9.17, 15) is 22.4 Å². The molecule has 31 heavy (non-hydrogen) atoms. The molecule has 1 aliphatic heterocycles. The summed E-state index contributed by atoms with van der Waals surface area (Å²) in [4.78, 5) is 24.6. The van der Waals surface area contributed by atoms with E-state index in [1.165, 1.54) is 39.2 Å². The van der Waals surface area contributed by atoms with E-state index in [4.69, 9.17) is 4.42 Å². The quantitative estimate of drug-likeness (QED) is 0.626. The smallest absolute Gasteiger partial charge is 0.408 e. The Labute approximate surface area is 178 Å². The summed E-state index contributed by atoms with van der Waals surface area (Å²) in [7, 11) is -3.64. The lowest BCUT2D eigenvalue weighted by molar-refractivity contribution is -0.116. The summed E-state index contributed by atoms with van der Waals surface area (Å²) in [6, 6.07) is 8.66. The van der Waals surface area contributed by atoms with Crippen LogP contribution in [-0.4, -0.2) is 36.3 Å². The second-order valence-corrected chi connectivity index (χ2v) is 9.48. The predicted molar refractivity (Wildman–Crippen MR) is 113 cm³/mol. The van der Waals surface area contributed by atoms with Gasteiger partial charge in [-0.3, -0.25) is 9.36 Å². The van der Waals surface area contributed by atoms with Gasteiger partial charge in [-0.25, -0.2) is 17.6 Å². The molecule has 2 heterocycles. The zero-order valence-electron chi connectivity index (χ0n) is 16.9. The van der Waals surface area contributed by atoms with E-state index >= 15 is 0 Å². The van der Waals surface area contributed by atoms with Gasteiger partial charge in [0, 0.05) is 32.1 Å². The Morgan fingerprint density at radius 1 is 1.16 bits per heavy atom. The van der Waals surface area contributed by atoms with Gasteiger partial charge in [-0.05, 0) is 49.6 Å². The summed E-state index contributed by atoms with van der Waals surface area (Å²) in [6.07, 6.45) is 1.55. The largest absolute Gasteiger partial charge is 0.419 e. The van der Waals surface area contributed by atoms with Crippen LogP contribution in [0.15, 0.2) is 50.5 Å². The lowest BCUT2D eigenvalue weighted by Crippen LogP contribution is -2.27. The maximum Gasteiger partial charge on any atom is 0.419 e. The molecule has 1 aromatic heterocycles. The van der Waals surface area contributed by atoms with Crippen LogP contribution in [0.3, 0.4) is 0 Å². The van der Waals surface area contributed by atoms with E-state index in [-0.39, 0.29) is 29.1 Å². The van der Waals surface area contributed by atoms with Gasteiger partial charge in [0.05, 0.1) is 16.1 Å². The first-order valence-electron chi connectivity index (χ1n) is 9.95. The molecule has 8 nitrogen and oxygen atoms in total. The summed E-state index contributed by atoms with van der Waals surface area (Å²) in [5.41, 5.74) is 1.40. The molecule has 0 atom stereocenters. The van der Waals surface area contributed by atoms with Crippen molar-refractivity contribution < 1.29 is 22.0 Å². The Bertz CT molecular complexity index is 1310. The number of hydrogen-bond donors (Lipinski definition) is 1. The summed E-state index contributed by atoms with van der Waals surface area (Å²) < 4.78 is 47.2. The van der Waals surface area contributed by atoms with Crippen LogP contribution < -0.4 is 11.1 Å². The monoisotopic (exact) mass is 447 g/mol. The van der Waals surface area contributed by atoms with Crippen LogP contribution in [-0.2, 0) is 21.4 Å². The maximum absolute atomic E-state index is 13.8. The zero-order chi connectivity index (χ0) is 22.2. The van der Waals surface area contributed by atoms with Gasteiger partial charge in [0.15, 0.2) is 5.58 Å². The number of nitrogens with one attached hydrogen (secondary N) is 1. The molecule has 164 valence electrons. The molecule has 4 rings (SSSR count). The molecule has 0 spiro atoms. The Morgan fingerprint density at radius 3 is 2.65 bits per heavy atom. The van der Waals surface area contributed by atoms with Gasteiger partial charge in [0.25, 0.3) is 0 Å². The molecule has 1 amide bonds. The average Bonchev–Trinajstić information content (AvgIpc) is 3.37. The number of aromatic nitrogens is 1. The second-order valence-electron chi connectivity index (χ2n) is 7.54. The molecule has 0 saturated carbocycles. The molecular formula is C21H22FN3O5S. The Morgan fingerprint density at radius 2 is 1.90 bits per heavy atom. The zero-order valence-corrected chi connectivity index (χ0v) is 17.7. The van der Waals surface area contributed by atoms with E-state index < -0.39 is 27.5 Å². The van der Waals surface area contributed by atoms with Crippen LogP contribution in [0.25, 0.3) is 11.1 Å². The van der Waals surface area contributed by atoms with E-state index in [0.717, 1.165) is 18.4 Å². The fraction of sp³-hybridized carbons (Fsp3) is 0.333. The van der Waals surface area contributed by atoms with Gasteiger partial charge in [-0.15, -0.1) is 0 Å². The van der Waals surface area contributed by atoms with Crippen molar-refractivity contribution in [1.29, 1.82) is 0 Å². The number of rotatable bonds is 6. The average molecular weight is 447 g/mol. The molecule has 1 N–H and O–H groups in total. The minimum absolute atomic E-state index is 0.00330. The number of halogens is 1. The fourth-order valence-electron chi connectivity index (χ4n) is 3.66. The van der Waals surface area contributed by atoms with Gasteiger partial charge in [0.2, 0.25) is 15.9 Å². The van der Waals surface area contributed by atoms with Crippen molar-refractivity contribution in [2.24, 2.45) is 0 Å². The van der Waals surface area contributed by atoms with Crippen LogP contribution in [0.2, 0.25) is 0 Å². The SMILES string of the molecule is Cc1ccc(F)c(NC(=O)CCn2c(=O)oc3cc(S(=O)(=O)N4CCCC4)ccc32)c1. The van der Waals surface area contributed by atoms with Crippen molar-refractivity contribution in [2.45, 2.75) is 37.6 Å². The summed E-state index contributed by atoms with van der Waals surface area (Å²) >= 11 is 0. The molecule has 0 radical (unpaired) electrons. The van der Waals surface area contributed by atoms with Crippen molar-refractivity contribution in [1.82, 2.24) is 8.87 Å². The summed E-state index contributed by atoms with van der Waals surface area (Å²) in [5.74, 6) is -1.70. The third-order valence-corrected chi connectivity index (χ3v) is 7.20. The van der Waals surface area contributed by atoms with Gasteiger partial charge < -0.3 is 9.73 Å². The molecular weight excluding hydrogens is 425 g/mol. The lowest BCUT2D eigenvalue weighted by atomic mass is 10.2. The van der Waals surface area contributed by atoms with E-state index in [1.807, 2.05) is 0 Å². The summed E-state index contributed by atoms with van der Waals surface area (Å²) in [6.45, 7) is 2.73. The normalized spacial score (nSPS) is 14.9. The van der Waals surface area contributed by atoms with Crippen LogP contribution in [0.4, 0.5) is 10.1 Å². The topological polar surface area (TPSA) is 102 Å². The van der Waals surface area contributed by atoms with Crippen LogP contribution >= 0.6 is 0 Å². The van der Waals surface area contributed by atoms with Crippen molar-refractivity contribution in [2.75, 3.05) is 18.4 Å². The van der Waals surface area contributed by atoms with E-state index in [1.54, 1.807) is 13.0 Å². The van der Waals surface area contributed by atoms with Crippen molar-refractivity contribution >= 4 is 32.7 Å². The molecule has 1 aliphatic rings. The molecule has 0 aliphatic carbocycles. The first-order chi connectivity index (χ1) is 14.8. The standard InChI is InChI=1S/C21H22FN3O5S/c1-14-4-6-16(22)17(12-14)23-20(26)8-11-25-18-7-5-15(13-19(18)30-21(25)27)31(28,29)24-9-2-3-10-24/h4-7,12-13H,2-3,8-11H2,1H3,(H,23,26). The first kappa shape index (κ1) is 21.3.